The molecule has 24 heavy (non-hydrogen) atoms. The lowest BCUT2D eigenvalue weighted by atomic mass is 10.2. The van der Waals surface area contributed by atoms with Gasteiger partial charge in [-0.2, -0.15) is 0 Å². The molecule has 0 heterocycles. The highest BCUT2D eigenvalue weighted by atomic mass is 16.5. The van der Waals surface area contributed by atoms with E-state index in [2.05, 4.69) is 36.2 Å². The van der Waals surface area contributed by atoms with E-state index in [-0.39, 0.29) is 11.9 Å². The molecule has 5 heteroatoms. The van der Waals surface area contributed by atoms with E-state index in [0.29, 0.717) is 23.7 Å². The van der Waals surface area contributed by atoms with E-state index in [1.165, 1.54) is 5.56 Å². The maximum atomic E-state index is 12.4. The number of nitrogens with zero attached hydrogens (tertiary/aromatic N) is 1. The van der Waals surface area contributed by atoms with Crippen molar-refractivity contribution in [1.82, 2.24) is 4.90 Å². The van der Waals surface area contributed by atoms with Crippen LogP contribution in [-0.4, -0.2) is 30.5 Å². The van der Waals surface area contributed by atoms with Crippen molar-refractivity contribution in [3.63, 3.8) is 0 Å². The van der Waals surface area contributed by atoms with Gasteiger partial charge in [-0.15, -0.1) is 0 Å². The molecule has 0 fully saturated rings. The molecule has 0 atom stereocenters. The fourth-order valence-electron chi connectivity index (χ4n) is 2.44. The number of ether oxygens (including phenoxy) is 1. The Morgan fingerprint density at radius 2 is 1.92 bits per heavy atom. The average Bonchev–Trinajstić information content (AvgIpc) is 2.55. The first-order chi connectivity index (χ1) is 11.5. The minimum Gasteiger partial charge on any atom is -0.495 e. The molecule has 0 aliphatic rings. The average molecular weight is 327 g/mol. The molecule has 0 aliphatic heterocycles. The van der Waals surface area contributed by atoms with Crippen LogP contribution in [0.3, 0.4) is 0 Å². The number of hydrogen-bond donors (Lipinski definition) is 2. The predicted molar refractivity (Wildman–Crippen MR) is 98.0 cm³/mol. The van der Waals surface area contributed by atoms with E-state index in [9.17, 15) is 4.79 Å². The molecular formula is C19H25N3O2. The van der Waals surface area contributed by atoms with Crippen LogP contribution in [0.4, 0.5) is 11.4 Å². The Bertz CT molecular complexity index is 672. The molecule has 2 aromatic rings. The molecular weight excluding hydrogens is 302 g/mol. The third-order valence-electron chi connectivity index (χ3n) is 3.82. The number of benzene rings is 2. The van der Waals surface area contributed by atoms with Crippen molar-refractivity contribution in [2.45, 2.75) is 26.4 Å². The summed E-state index contributed by atoms with van der Waals surface area (Å²) < 4.78 is 5.12. The smallest absolute Gasteiger partial charge is 0.238 e. The van der Waals surface area contributed by atoms with Crippen LogP contribution in [0.5, 0.6) is 5.75 Å². The number of nitrogens with one attached hydrogen (secondary N) is 1. The summed E-state index contributed by atoms with van der Waals surface area (Å²) in [5.74, 6) is 0.532. The quantitative estimate of drug-likeness (QED) is 0.767. The fourth-order valence-corrected chi connectivity index (χ4v) is 2.44. The molecule has 128 valence electrons. The van der Waals surface area contributed by atoms with Gasteiger partial charge in [-0.3, -0.25) is 9.69 Å². The lowest BCUT2D eigenvalue weighted by Gasteiger charge is -2.26. The number of amides is 1. The number of methoxy groups -OCH3 is 1. The molecule has 2 aromatic carbocycles. The fraction of sp³-hybridized carbons (Fsp3) is 0.316. The van der Waals surface area contributed by atoms with Crippen molar-refractivity contribution in [2.24, 2.45) is 0 Å². The van der Waals surface area contributed by atoms with Crippen molar-refractivity contribution in [3.8, 4) is 5.75 Å². The minimum atomic E-state index is -0.0656. The van der Waals surface area contributed by atoms with Crippen LogP contribution in [0.25, 0.3) is 0 Å². The molecule has 0 spiro atoms. The molecule has 5 nitrogen and oxygen atoms in total. The molecule has 0 saturated heterocycles. The normalized spacial score (nSPS) is 10.9. The molecule has 0 unspecified atom stereocenters. The highest BCUT2D eigenvalue weighted by Crippen LogP contribution is 2.24. The lowest BCUT2D eigenvalue weighted by Crippen LogP contribution is -2.37. The van der Waals surface area contributed by atoms with E-state index in [1.54, 1.807) is 25.3 Å². The first-order valence-corrected chi connectivity index (χ1v) is 8.01. The van der Waals surface area contributed by atoms with Crippen LogP contribution >= 0.6 is 0 Å². The summed E-state index contributed by atoms with van der Waals surface area (Å²) in [5, 5.41) is 2.89. The standard InChI is InChI=1S/C19H25N3O2/c1-14(2)22(12-15-7-5-4-6-8-15)13-19(23)21-16-9-10-18(24-3)17(20)11-16/h4-11,14H,12-13,20H2,1-3H3,(H,21,23). The highest BCUT2D eigenvalue weighted by Gasteiger charge is 2.15. The van der Waals surface area contributed by atoms with Crippen molar-refractivity contribution in [2.75, 3.05) is 24.7 Å². The Hall–Kier alpha value is -2.53. The van der Waals surface area contributed by atoms with Gasteiger partial charge < -0.3 is 15.8 Å². The first-order valence-electron chi connectivity index (χ1n) is 8.01. The molecule has 0 aromatic heterocycles. The summed E-state index contributed by atoms with van der Waals surface area (Å²) >= 11 is 0. The summed E-state index contributed by atoms with van der Waals surface area (Å²) in [6.45, 7) is 5.22. The number of nitrogen functional groups attached to an aromatic ring is 1. The molecule has 1 amide bonds. The zero-order valence-electron chi connectivity index (χ0n) is 14.5. The Morgan fingerprint density at radius 3 is 2.50 bits per heavy atom. The highest BCUT2D eigenvalue weighted by molar-refractivity contribution is 5.93. The number of hydrogen-bond acceptors (Lipinski definition) is 4. The first kappa shape index (κ1) is 17.8. The van der Waals surface area contributed by atoms with Crippen LogP contribution in [0.2, 0.25) is 0 Å². The molecule has 0 bridgehead atoms. The van der Waals surface area contributed by atoms with Crippen molar-refractivity contribution in [1.29, 1.82) is 0 Å². The summed E-state index contributed by atoms with van der Waals surface area (Å²) in [6.07, 6.45) is 0. The topological polar surface area (TPSA) is 67.6 Å². The Kier molecular flexibility index (Phi) is 6.21. The van der Waals surface area contributed by atoms with E-state index in [1.807, 2.05) is 18.2 Å². The lowest BCUT2D eigenvalue weighted by molar-refractivity contribution is -0.117. The van der Waals surface area contributed by atoms with Crippen molar-refractivity contribution < 1.29 is 9.53 Å². The zero-order valence-corrected chi connectivity index (χ0v) is 14.5. The van der Waals surface area contributed by atoms with Gasteiger partial charge in [0.1, 0.15) is 5.75 Å². The monoisotopic (exact) mass is 327 g/mol. The Morgan fingerprint density at radius 1 is 1.21 bits per heavy atom. The second kappa shape index (κ2) is 8.36. The maximum absolute atomic E-state index is 12.4. The number of carbonyl (C=O) groups excluding carboxylic acids is 1. The Balaban J connectivity index is 1.99. The van der Waals surface area contributed by atoms with Crippen LogP contribution in [0.1, 0.15) is 19.4 Å². The third kappa shape index (κ3) is 4.99. The van der Waals surface area contributed by atoms with Crippen molar-refractivity contribution in [3.05, 3.63) is 54.1 Å². The zero-order chi connectivity index (χ0) is 17.5. The molecule has 0 radical (unpaired) electrons. The molecule has 3 N–H and O–H groups in total. The number of anilines is 2. The van der Waals surface area contributed by atoms with Crippen LogP contribution in [-0.2, 0) is 11.3 Å². The van der Waals surface area contributed by atoms with Gasteiger partial charge in [0.25, 0.3) is 0 Å². The SMILES string of the molecule is COc1ccc(NC(=O)CN(Cc2ccccc2)C(C)C)cc1N. The number of rotatable bonds is 7. The van der Waals surface area contributed by atoms with Gasteiger partial charge in [0.05, 0.1) is 19.3 Å². The summed E-state index contributed by atoms with van der Waals surface area (Å²) in [6, 6.07) is 15.6. The number of carbonyl (C=O) groups is 1. The Labute approximate surface area is 143 Å². The largest absolute Gasteiger partial charge is 0.495 e. The molecule has 0 saturated carbocycles. The summed E-state index contributed by atoms with van der Waals surface area (Å²) in [4.78, 5) is 14.5. The second-order valence-electron chi connectivity index (χ2n) is 5.99. The van der Waals surface area contributed by atoms with Gasteiger partial charge in [-0.25, -0.2) is 0 Å². The van der Waals surface area contributed by atoms with Gasteiger partial charge in [-0.05, 0) is 37.6 Å². The number of nitrogens with two attached hydrogens (primary N) is 1. The summed E-state index contributed by atoms with van der Waals surface area (Å²) in [7, 11) is 1.56. The third-order valence-corrected chi connectivity index (χ3v) is 3.82. The van der Waals surface area contributed by atoms with E-state index in [0.717, 1.165) is 6.54 Å². The van der Waals surface area contributed by atoms with Gasteiger partial charge in [0, 0.05) is 18.3 Å². The maximum Gasteiger partial charge on any atom is 0.238 e. The molecule has 2 rings (SSSR count). The minimum absolute atomic E-state index is 0.0656. The van der Waals surface area contributed by atoms with Crippen LogP contribution in [0, 0.1) is 0 Å². The van der Waals surface area contributed by atoms with E-state index < -0.39 is 0 Å². The van der Waals surface area contributed by atoms with E-state index >= 15 is 0 Å². The summed E-state index contributed by atoms with van der Waals surface area (Å²) in [5.41, 5.74) is 8.23. The van der Waals surface area contributed by atoms with Gasteiger partial charge in [0.15, 0.2) is 0 Å². The van der Waals surface area contributed by atoms with E-state index in [4.69, 9.17) is 10.5 Å². The van der Waals surface area contributed by atoms with Crippen LogP contribution in [0.15, 0.2) is 48.5 Å². The van der Waals surface area contributed by atoms with Gasteiger partial charge >= 0.3 is 0 Å². The molecule has 0 aliphatic carbocycles. The van der Waals surface area contributed by atoms with Gasteiger partial charge in [-0.1, -0.05) is 30.3 Å². The van der Waals surface area contributed by atoms with Gasteiger partial charge in [0.2, 0.25) is 5.91 Å². The predicted octanol–water partition coefficient (Wildman–Crippen LogP) is 3.13. The van der Waals surface area contributed by atoms with Crippen molar-refractivity contribution >= 4 is 17.3 Å². The second-order valence-corrected chi connectivity index (χ2v) is 5.99. The van der Waals surface area contributed by atoms with Crippen LogP contribution < -0.4 is 15.8 Å².